The second-order valence-corrected chi connectivity index (χ2v) is 10.4. The van der Waals surface area contributed by atoms with Crippen molar-refractivity contribution in [1.82, 2.24) is 9.88 Å². The normalized spacial score (nSPS) is 14.7. The molecule has 0 saturated heterocycles. The van der Waals surface area contributed by atoms with Gasteiger partial charge in [0.15, 0.2) is 6.10 Å². The number of aromatic nitrogens is 1. The smallest absolute Gasteiger partial charge is 0.344 e. The number of carbonyl (C=O) groups is 2. The van der Waals surface area contributed by atoms with E-state index in [1.807, 2.05) is 37.3 Å². The molecule has 196 valence electrons. The van der Waals surface area contributed by atoms with E-state index in [1.165, 1.54) is 25.3 Å². The van der Waals surface area contributed by atoms with Gasteiger partial charge in [0, 0.05) is 28.7 Å². The van der Waals surface area contributed by atoms with Gasteiger partial charge in [-0.2, -0.15) is 0 Å². The van der Waals surface area contributed by atoms with Crippen LogP contribution in [0.15, 0.2) is 66.7 Å². The van der Waals surface area contributed by atoms with Gasteiger partial charge in [0.2, 0.25) is 0 Å². The fourth-order valence-electron chi connectivity index (χ4n) is 4.97. The van der Waals surface area contributed by atoms with Crippen LogP contribution in [0.4, 0.5) is 0 Å². The van der Waals surface area contributed by atoms with Crippen molar-refractivity contribution in [2.45, 2.75) is 65.1 Å². The summed E-state index contributed by atoms with van der Waals surface area (Å²) in [5, 5.41) is 13.3. The van der Waals surface area contributed by atoms with Crippen LogP contribution in [-0.2, 0) is 11.3 Å². The van der Waals surface area contributed by atoms with E-state index in [0.717, 1.165) is 33.3 Å². The monoisotopic (exact) mass is 510 g/mol. The van der Waals surface area contributed by atoms with E-state index in [9.17, 15) is 9.59 Å². The highest BCUT2D eigenvalue weighted by Gasteiger charge is 2.24. The molecule has 1 aliphatic carbocycles. The predicted octanol–water partition coefficient (Wildman–Crippen LogP) is 6.53. The van der Waals surface area contributed by atoms with Crippen LogP contribution in [0.2, 0.25) is 0 Å². The third-order valence-electron chi connectivity index (χ3n) is 7.63. The topological polar surface area (TPSA) is 80.6 Å². The van der Waals surface area contributed by atoms with E-state index < -0.39 is 12.1 Å². The van der Waals surface area contributed by atoms with Gasteiger partial charge in [-0.15, -0.1) is 0 Å². The zero-order chi connectivity index (χ0) is 27.0. The molecule has 5 rings (SSSR count). The summed E-state index contributed by atoms with van der Waals surface area (Å²) in [5.74, 6) is 0.136. The van der Waals surface area contributed by atoms with Gasteiger partial charge in [-0.3, -0.25) is 4.79 Å². The maximum atomic E-state index is 13.2. The molecule has 0 bridgehead atoms. The molecular formula is C32H34N2O4. The van der Waals surface area contributed by atoms with E-state index in [0.29, 0.717) is 23.8 Å². The van der Waals surface area contributed by atoms with Crippen molar-refractivity contribution in [3.63, 3.8) is 0 Å². The quantitative estimate of drug-likeness (QED) is 0.268. The van der Waals surface area contributed by atoms with Crippen molar-refractivity contribution in [2.75, 3.05) is 0 Å². The first kappa shape index (κ1) is 25.6. The molecule has 1 fully saturated rings. The molecule has 1 aliphatic rings. The first-order valence-corrected chi connectivity index (χ1v) is 13.2. The third-order valence-corrected chi connectivity index (χ3v) is 7.63. The number of nitrogens with one attached hydrogen (secondary N) is 1. The molecule has 38 heavy (non-hydrogen) atoms. The average Bonchev–Trinajstić information content (AvgIpc) is 3.74. The number of carbonyl (C=O) groups excluding carboxylic acids is 1. The zero-order valence-corrected chi connectivity index (χ0v) is 22.3. The minimum absolute atomic E-state index is 0.0743. The van der Waals surface area contributed by atoms with Gasteiger partial charge >= 0.3 is 5.97 Å². The number of hydrogen-bond acceptors (Lipinski definition) is 3. The molecule has 0 aliphatic heterocycles. The molecule has 3 aromatic carbocycles. The lowest BCUT2D eigenvalue weighted by molar-refractivity contribution is -0.144. The summed E-state index contributed by atoms with van der Waals surface area (Å²) in [5.41, 5.74) is 7.59. The zero-order valence-electron chi connectivity index (χ0n) is 22.3. The van der Waals surface area contributed by atoms with Crippen LogP contribution in [0.3, 0.4) is 0 Å². The fraction of sp³-hybridized carbons (Fsp3) is 0.312. The van der Waals surface area contributed by atoms with Crippen LogP contribution < -0.4 is 10.1 Å². The molecule has 4 aromatic rings. The molecule has 2 unspecified atom stereocenters. The third kappa shape index (κ3) is 5.30. The molecule has 6 heteroatoms. The van der Waals surface area contributed by atoms with Gasteiger partial charge in [-0.25, -0.2) is 4.79 Å². The number of benzene rings is 3. The Balaban J connectivity index is 1.32. The van der Waals surface area contributed by atoms with Crippen molar-refractivity contribution >= 4 is 22.8 Å². The Hall–Kier alpha value is -4.06. The van der Waals surface area contributed by atoms with Crippen LogP contribution in [0, 0.1) is 13.8 Å². The number of rotatable bonds is 9. The van der Waals surface area contributed by atoms with Crippen molar-refractivity contribution in [3.8, 4) is 5.75 Å². The largest absolute Gasteiger partial charge is 0.479 e. The number of aryl methyl sites for hydroxylation is 1. The number of ether oxygens (including phenoxy) is 1. The minimum Gasteiger partial charge on any atom is -0.479 e. The van der Waals surface area contributed by atoms with Gasteiger partial charge in [0.1, 0.15) is 5.75 Å². The molecular weight excluding hydrogens is 476 g/mol. The van der Waals surface area contributed by atoms with Gasteiger partial charge in [0.05, 0.1) is 6.04 Å². The van der Waals surface area contributed by atoms with Gasteiger partial charge in [0.25, 0.3) is 5.91 Å². The molecule has 0 spiro atoms. The Morgan fingerprint density at radius 3 is 2.45 bits per heavy atom. The first-order valence-electron chi connectivity index (χ1n) is 13.2. The molecule has 0 radical (unpaired) electrons. The van der Waals surface area contributed by atoms with Crippen LogP contribution in [0.5, 0.6) is 5.75 Å². The Morgan fingerprint density at radius 1 is 1.03 bits per heavy atom. The maximum Gasteiger partial charge on any atom is 0.344 e. The van der Waals surface area contributed by atoms with Crippen LogP contribution in [0.25, 0.3) is 10.9 Å². The lowest BCUT2D eigenvalue weighted by atomic mass is 10.0. The molecule has 1 saturated carbocycles. The number of aliphatic carboxylic acids is 1. The number of carboxylic acids is 1. The number of amides is 1. The van der Waals surface area contributed by atoms with E-state index in [2.05, 4.69) is 48.0 Å². The Labute approximate surface area is 223 Å². The summed E-state index contributed by atoms with van der Waals surface area (Å²) in [7, 11) is 0. The molecule has 1 heterocycles. The van der Waals surface area contributed by atoms with E-state index >= 15 is 0 Å². The second-order valence-electron chi connectivity index (χ2n) is 10.4. The van der Waals surface area contributed by atoms with Gasteiger partial charge < -0.3 is 19.7 Å². The summed E-state index contributed by atoms with van der Waals surface area (Å²) < 4.78 is 7.69. The summed E-state index contributed by atoms with van der Waals surface area (Å²) in [6.07, 6.45) is 1.62. The molecule has 1 aromatic heterocycles. The van der Waals surface area contributed by atoms with Crippen molar-refractivity contribution in [1.29, 1.82) is 0 Å². The summed E-state index contributed by atoms with van der Waals surface area (Å²) in [6.45, 7) is 8.38. The molecule has 6 nitrogen and oxygen atoms in total. The standard InChI is InChI=1S/C32H34N2O4/c1-19-21(3)34(18-23-8-13-28(14-9-23)38-22(4)32(36)37)30-15-12-27(17-29(19)30)31(35)33-20(2)25-6-5-7-26(16-25)24-10-11-24/h5-9,12-17,20,22,24H,10-11,18H2,1-4H3,(H,33,35)(H,36,37). The second kappa shape index (κ2) is 10.4. The predicted molar refractivity (Wildman–Crippen MR) is 149 cm³/mol. The maximum absolute atomic E-state index is 13.2. The average molecular weight is 511 g/mol. The lowest BCUT2D eigenvalue weighted by Crippen LogP contribution is -2.26. The van der Waals surface area contributed by atoms with Crippen LogP contribution in [0.1, 0.15) is 77.0 Å². The number of nitrogens with zero attached hydrogens (tertiary/aromatic N) is 1. The number of fused-ring (bicyclic) bond motifs is 1. The molecule has 2 N–H and O–H groups in total. The van der Waals surface area contributed by atoms with E-state index in [-0.39, 0.29) is 11.9 Å². The van der Waals surface area contributed by atoms with E-state index in [4.69, 9.17) is 9.84 Å². The number of carboxylic acid groups (broad SMARTS) is 1. The Kier molecular flexibility index (Phi) is 6.98. The van der Waals surface area contributed by atoms with Crippen molar-refractivity contribution in [3.05, 3.63) is 100 Å². The highest BCUT2D eigenvalue weighted by molar-refractivity contribution is 5.99. The first-order chi connectivity index (χ1) is 18.2. The van der Waals surface area contributed by atoms with Crippen LogP contribution in [-0.4, -0.2) is 27.7 Å². The molecule has 1 amide bonds. The summed E-state index contributed by atoms with van der Waals surface area (Å²) >= 11 is 0. The lowest BCUT2D eigenvalue weighted by Gasteiger charge is -2.16. The molecule has 2 atom stereocenters. The summed E-state index contributed by atoms with van der Waals surface area (Å²) in [4.78, 5) is 24.2. The minimum atomic E-state index is -0.996. The van der Waals surface area contributed by atoms with Gasteiger partial charge in [-0.1, -0.05) is 36.4 Å². The Morgan fingerprint density at radius 2 is 1.76 bits per heavy atom. The van der Waals surface area contributed by atoms with Crippen molar-refractivity contribution in [2.24, 2.45) is 0 Å². The van der Waals surface area contributed by atoms with Crippen molar-refractivity contribution < 1.29 is 19.4 Å². The fourth-order valence-corrected chi connectivity index (χ4v) is 4.97. The van der Waals surface area contributed by atoms with Crippen LogP contribution >= 0.6 is 0 Å². The highest BCUT2D eigenvalue weighted by atomic mass is 16.5. The Bertz CT molecular complexity index is 1500. The highest BCUT2D eigenvalue weighted by Crippen LogP contribution is 2.40. The van der Waals surface area contributed by atoms with Gasteiger partial charge in [-0.05, 0) is 99.0 Å². The SMILES string of the molecule is Cc1c(C)n(Cc2ccc(OC(C)C(=O)O)cc2)c2ccc(C(=O)NC(C)c3cccc(C4CC4)c3)cc12. The summed E-state index contributed by atoms with van der Waals surface area (Å²) in [6, 6.07) is 21.9. The number of hydrogen-bond donors (Lipinski definition) is 2. The van der Waals surface area contributed by atoms with E-state index in [1.54, 1.807) is 12.1 Å².